The van der Waals surface area contributed by atoms with Gasteiger partial charge in [0.05, 0.1) is 16.2 Å². The number of carbonyl (C=O) groups excluding carboxylic acids is 3. The number of ketones is 1. The van der Waals surface area contributed by atoms with Crippen LogP contribution in [-0.2, 0) is 9.59 Å². The SMILES string of the molecule is CN(C(=O)Oc1ccc(Cl)nc1)[C@]1(C(=O)C2CCN(C(=O)C3(C)CC3)CC2)CNC[C@H]1c1ccc(Cl)c(Cl)c1. The normalized spacial score (nSPS) is 24.3. The summed E-state index contributed by atoms with van der Waals surface area (Å²) in [5.74, 6) is -0.376. The molecule has 208 valence electrons. The molecule has 2 aromatic rings. The number of nitrogens with one attached hydrogen (secondary N) is 1. The zero-order chi connectivity index (χ0) is 27.9. The van der Waals surface area contributed by atoms with Crippen molar-refractivity contribution in [3.05, 3.63) is 57.3 Å². The zero-order valence-corrected chi connectivity index (χ0v) is 24.2. The molecule has 1 aliphatic carbocycles. The van der Waals surface area contributed by atoms with Crippen molar-refractivity contribution in [1.82, 2.24) is 20.1 Å². The molecule has 2 amide bonds. The minimum atomic E-state index is -1.24. The van der Waals surface area contributed by atoms with Crippen LogP contribution in [0.3, 0.4) is 0 Å². The molecule has 1 aromatic heterocycles. The van der Waals surface area contributed by atoms with E-state index in [4.69, 9.17) is 39.5 Å². The number of piperidine rings is 1. The van der Waals surface area contributed by atoms with Crippen LogP contribution in [0.25, 0.3) is 0 Å². The van der Waals surface area contributed by atoms with Crippen molar-refractivity contribution in [3.63, 3.8) is 0 Å². The van der Waals surface area contributed by atoms with Crippen LogP contribution in [0.1, 0.15) is 44.1 Å². The Morgan fingerprint density at radius 1 is 1.08 bits per heavy atom. The van der Waals surface area contributed by atoms with Gasteiger partial charge in [-0.2, -0.15) is 0 Å². The molecule has 1 N–H and O–H groups in total. The van der Waals surface area contributed by atoms with Gasteiger partial charge in [0.15, 0.2) is 11.5 Å². The van der Waals surface area contributed by atoms with Crippen LogP contribution in [0.4, 0.5) is 4.79 Å². The van der Waals surface area contributed by atoms with Crippen LogP contribution in [0.5, 0.6) is 5.75 Å². The lowest BCUT2D eigenvalue weighted by Gasteiger charge is -2.44. The maximum Gasteiger partial charge on any atom is 0.415 e. The molecule has 3 aliphatic rings. The van der Waals surface area contributed by atoms with Crippen LogP contribution in [0, 0.1) is 11.3 Å². The molecular weight excluding hydrogens is 563 g/mol. The minimum absolute atomic E-state index is 0.0537. The standard InChI is InChI=1S/C28H31Cl3N4O4/c1-27(9-10-27)25(37)35-11-7-17(8-12-35)24(36)28(34(2)26(38)39-19-4-6-23(31)33-14-19)16-32-15-20(28)18-3-5-21(29)22(30)13-18/h3-6,13-14,17,20,32H,7-12,15-16H2,1-2H3/t20-,28+/m0/s1. The Hall–Kier alpha value is -2.39. The predicted molar refractivity (Wildman–Crippen MR) is 149 cm³/mol. The third-order valence-corrected chi connectivity index (χ3v) is 9.50. The number of pyridine rings is 1. The molecule has 0 spiro atoms. The average molecular weight is 594 g/mol. The molecule has 3 fully saturated rings. The number of likely N-dealkylation sites (N-methyl/N-ethyl adjacent to an activating group) is 1. The second-order valence-electron chi connectivity index (χ2n) is 11.0. The predicted octanol–water partition coefficient (Wildman–Crippen LogP) is 5.21. The quantitative estimate of drug-likeness (QED) is 0.463. The van der Waals surface area contributed by atoms with E-state index in [2.05, 4.69) is 10.3 Å². The minimum Gasteiger partial charge on any atom is -0.409 e. The number of amides is 2. The Kier molecular flexibility index (Phi) is 7.85. The zero-order valence-electron chi connectivity index (χ0n) is 21.9. The van der Waals surface area contributed by atoms with Crippen molar-refractivity contribution in [2.45, 2.75) is 44.1 Å². The Bertz CT molecular complexity index is 1280. The Labute approximate surface area is 242 Å². The van der Waals surface area contributed by atoms with E-state index in [1.54, 1.807) is 25.2 Å². The van der Waals surface area contributed by atoms with Gasteiger partial charge in [-0.3, -0.25) is 14.5 Å². The maximum absolute atomic E-state index is 14.5. The smallest absolute Gasteiger partial charge is 0.409 e. The second-order valence-corrected chi connectivity index (χ2v) is 12.2. The first-order valence-electron chi connectivity index (χ1n) is 13.1. The monoisotopic (exact) mass is 592 g/mol. The fourth-order valence-corrected chi connectivity index (χ4v) is 6.25. The molecule has 5 rings (SSSR count). The highest BCUT2D eigenvalue weighted by atomic mass is 35.5. The van der Waals surface area contributed by atoms with Crippen LogP contribution in [-0.4, -0.2) is 71.3 Å². The lowest BCUT2D eigenvalue weighted by Crippen LogP contribution is -2.62. The number of Topliss-reactive ketones (excluding diaryl/α,β-unsaturated/α-hetero) is 1. The van der Waals surface area contributed by atoms with E-state index in [0.717, 1.165) is 18.4 Å². The highest BCUT2D eigenvalue weighted by molar-refractivity contribution is 6.42. The van der Waals surface area contributed by atoms with Crippen molar-refractivity contribution >= 4 is 52.6 Å². The van der Waals surface area contributed by atoms with Gasteiger partial charge in [-0.05, 0) is 55.5 Å². The van der Waals surface area contributed by atoms with E-state index in [9.17, 15) is 14.4 Å². The summed E-state index contributed by atoms with van der Waals surface area (Å²) in [6.45, 7) is 3.76. The lowest BCUT2D eigenvalue weighted by molar-refractivity contribution is -0.142. The first-order chi connectivity index (χ1) is 18.5. The molecule has 2 atom stereocenters. The van der Waals surface area contributed by atoms with Gasteiger partial charge < -0.3 is 15.0 Å². The highest BCUT2D eigenvalue weighted by Gasteiger charge is 2.57. The molecule has 11 heteroatoms. The largest absolute Gasteiger partial charge is 0.415 e. The number of nitrogens with zero attached hydrogens (tertiary/aromatic N) is 3. The summed E-state index contributed by atoms with van der Waals surface area (Å²) in [7, 11) is 1.59. The summed E-state index contributed by atoms with van der Waals surface area (Å²) in [5, 5.41) is 4.40. The number of halogens is 3. The maximum atomic E-state index is 14.5. The molecule has 0 unspecified atom stereocenters. The van der Waals surface area contributed by atoms with E-state index in [0.29, 0.717) is 42.5 Å². The van der Waals surface area contributed by atoms with Crippen LogP contribution in [0.15, 0.2) is 36.5 Å². The van der Waals surface area contributed by atoms with Gasteiger partial charge in [0.25, 0.3) is 0 Å². The first-order valence-corrected chi connectivity index (χ1v) is 14.2. The Morgan fingerprint density at radius 2 is 1.79 bits per heavy atom. The molecular formula is C28H31Cl3N4O4. The summed E-state index contributed by atoms with van der Waals surface area (Å²) in [5.41, 5.74) is -0.690. The van der Waals surface area contributed by atoms with Crippen LogP contribution >= 0.6 is 34.8 Å². The number of ether oxygens (including phenoxy) is 1. The van der Waals surface area contributed by atoms with E-state index in [-0.39, 0.29) is 40.5 Å². The molecule has 1 aromatic carbocycles. The Balaban J connectivity index is 1.43. The van der Waals surface area contributed by atoms with E-state index in [1.807, 2.05) is 17.9 Å². The highest BCUT2D eigenvalue weighted by Crippen LogP contribution is 2.47. The number of hydrogen-bond donors (Lipinski definition) is 1. The fourth-order valence-electron chi connectivity index (χ4n) is 5.83. The van der Waals surface area contributed by atoms with Crippen LogP contribution < -0.4 is 10.1 Å². The molecule has 2 aliphatic heterocycles. The van der Waals surface area contributed by atoms with Gasteiger partial charge in [-0.15, -0.1) is 0 Å². The van der Waals surface area contributed by atoms with Crippen molar-refractivity contribution in [2.75, 3.05) is 33.2 Å². The van der Waals surface area contributed by atoms with Gasteiger partial charge in [-0.1, -0.05) is 47.8 Å². The number of hydrogen-bond acceptors (Lipinski definition) is 6. The van der Waals surface area contributed by atoms with Gasteiger partial charge in [0, 0.05) is 50.5 Å². The van der Waals surface area contributed by atoms with E-state index >= 15 is 0 Å². The van der Waals surface area contributed by atoms with Crippen molar-refractivity contribution in [1.29, 1.82) is 0 Å². The second kappa shape index (κ2) is 10.9. The van der Waals surface area contributed by atoms with Crippen LogP contribution in [0.2, 0.25) is 15.2 Å². The van der Waals surface area contributed by atoms with Crippen molar-refractivity contribution in [3.8, 4) is 5.75 Å². The molecule has 1 saturated carbocycles. The number of benzene rings is 1. The van der Waals surface area contributed by atoms with Crippen molar-refractivity contribution < 1.29 is 19.1 Å². The van der Waals surface area contributed by atoms with E-state index in [1.165, 1.54) is 17.2 Å². The summed E-state index contributed by atoms with van der Waals surface area (Å²) in [6, 6.07) is 8.37. The summed E-state index contributed by atoms with van der Waals surface area (Å²) in [4.78, 5) is 48.2. The first kappa shape index (κ1) is 28.1. The molecule has 8 nitrogen and oxygen atoms in total. The molecule has 2 saturated heterocycles. The molecule has 3 heterocycles. The van der Waals surface area contributed by atoms with Crippen molar-refractivity contribution in [2.24, 2.45) is 11.3 Å². The fraction of sp³-hybridized carbons (Fsp3) is 0.500. The average Bonchev–Trinajstić information content (AvgIpc) is 3.53. The topological polar surface area (TPSA) is 91.8 Å². The third kappa shape index (κ3) is 5.36. The third-order valence-electron chi connectivity index (χ3n) is 8.54. The number of likely N-dealkylation sites (tertiary alicyclic amines) is 1. The number of carbonyl (C=O) groups is 3. The van der Waals surface area contributed by atoms with E-state index < -0.39 is 17.6 Å². The Morgan fingerprint density at radius 3 is 2.41 bits per heavy atom. The molecule has 0 radical (unpaired) electrons. The lowest BCUT2D eigenvalue weighted by atomic mass is 9.72. The number of aromatic nitrogens is 1. The van der Waals surface area contributed by atoms with Gasteiger partial charge in [0.2, 0.25) is 5.91 Å². The van der Waals surface area contributed by atoms with Gasteiger partial charge >= 0.3 is 6.09 Å². The molecule has 0 bridgehead atoms. The summed E-state index contributed by atoms with van der Waals surface area (Å²) in [6.07, 6.45) is 3.59. The number of rotatable bonds is 6. The summed E-state index contributed by atoms with van der Waals surface area (Å²) < 4.78 is 5.61. The molecule has 39 heavy (non-hydrogen) atoms. The summed E-state index contributed by atoms with van der Waals surface area (Å²) >= 11 is 18.4. The van der Waals surface area contributed by atoms with Gasteiger partial charge in [-0.25, -0.2) is 9.78 Å². The van der Waals surface area contributed by atoms with Gasteiger partial charge in [0.1, 0.15) is 10.7 Å².